The molecule has 3 atom stereocenters. The van der Waals surface area contributed by atoms with E-state index in [1.54, 1.807) is 0 Å². The van der Waals surface area contributed by atoms with E-state index >= 15 is 0 Å². The fraction of sp³-hybridized carbons (Fsp3) is 0.600. The first-order valence-corrected chi connectivity index (χ1v) is 7.39. The van der Waals surface area contributed by atoms with Crippen molar-refractivity contribution in [1.82, 2.24) is 24.6 Å². The van der Waals surface area contributed by atoms with Gasteiger partial charge in [0.2, 0.25) is 0 Å². The molecular formula is C15H23N5. The molecule has 2 aromatic heterocycles. The Balaban J connectivity index is 1.72. The van der Waals surface area contributed by atoms with Crippen molar-refractivity contribution in [2.45, 2.75) is 51.2 Å². The Bertz CT molecular complexity index is 557. The molecule has 3 unspecified atom stereocenters. The van der Waals surface area contributed by atoms with Gasteiger partial charge in [0.05, 0.1) is 12.0 Å². The minimum atomic E-state index is 0.331. The maximum absolute atomic E-state index is 4.44. The van der Waals surface area contributed by atoms with Crippen molar-refractivity contribution in [3.63, 3.8) is 0 Å². The first-order valence-electron chi connectivity index (χ1n) is 7.39. The summed E-state index contributed by atoms with van der Waals surface area (Å²) in [5, 5.41) is 8.22. The van der Waals surface area contributed by atoms with Crippen molar-refractivity contribution in [3.8, 4) is 0 Å². The lowest BCUT2D eigenvalue weighted by molar-refractivity contribution is 0.362. The highest BCUT2D eigenvalue weighted by molar-refractivity contribution is 5.19. The van der Waals surface area contributed by atoms with Gasteiger partial charge in [-0.2, -0.15) is 5.10 Å². The topological polar surface area (TPSA) is 47.7 Å². The van der Waals surface area contributed by atoms with Crippen LogP contribution in [0.3, 0.4) is 0 Å². The Labute approximate surface area is 120 Å². The summed E-state index contributed by atoms with van der Waals surface area (Å²) >= 11 is 0. The van der Waals surface area contributed by atoms with Crippen LogP contribution in [0.25, 0.3) is 0 Å². The summed E-state index contributed by atoms with van der Waals surface area (Å²) in [5.41, 5.74) is 2.41. The van der Waals surface area contributed by atoms with Crippen LogP contribution in [0.4, 0.5) is 0 Å². The molecule has 1 saturated carbocycles. The van der Waals surface area contributed by atoms with Crippen molar-refractivity contribution in [2.24, 2.45) is 7.05 Å². The van der Waals surface area contributed by atoms with Gasteiger partial charge in [-0.3, -0.25) is 4.68 Å². The molecule has 0 saturated heterocycles. The van der Waals surface area contributed by atoms with Gasteiger partial charge in [-0.25, -0.2) is 4.98 Å². The lowest BCUT2D eigenvalue weighted by atomic mass is 10.1. The third-order valence-corrected chi connectivity index (χ3v) is 4.37. The first kappa shape index (κ1) is 13.4. The zero-order valence-electron chi connectivity index (χ0n) is 12.5. The molecule has 0 aliphatic heterocycles. The number of hydrogen-bond donors (Lipinski definition) is 1. The van der Waals surface area contributed by atoms with E-state index in [2.05, 4.69) is 46.2 Å². The van der Waals surface area contributed by atoms with E-state index in [0.717, 1.165) is 5.69 Å². The van der Waals surface area contributed by atoms with Gasteiger partial charge in [0.25, 0.3) is 0 Å². The summed E-state index contributed by atoms with van der Waals surface area (Å²) in [4.78, 5) is 4.18. The number of nitrogens with zero attached hydrogens (tertiary/aromatic N) is 4. The minimum Gasteiger partial charge on any atom is -0.333 e. The maximum Gasteiger partial charge on any atom is 0.0949 e. The number of aryl methyl sites for hydroxylation is 2. The van der Waals surface area contributed by atoms with E-state index in [4.69, 9.17) is 0 Å². The Morgan fingerprint density at radius 2 is 2.25 bits per heavy atom. The van der Waals surface area contributed by atoms with Crippen LogP contribution in [0.15, 0.2) is 24.9 Å². The molecule has 0 aromatic carbocycles. The van der Waals surface area contributed by atoms with Crippen LogP contribution in [-0.2, 0) is 7.05 Å². The smallest absolute Gasteiger partial charge is 0.0949 e. The fourth-order valence-corrected chi connectivity index (χ4v) is 3.41. The minimum absolute atomic E-state index is 0.331. The molecule has 1 fully saturated rings. The van der Waals surface area contributed by atoms with Crippen LogP contribution in [0.2, 0.25) is 0 Å². The van der Waals surface area contributed by atoms with Crippen LogP contribution in [0, 0.1) is 6.92 Å². The SMILES string of the molecule is Cc1nn(C)cc1C(C)NC1CCCC1n1ccnc1. The summed E-state index contributed by atoms with van der Waals surface area (Å²) in [6.45, 7) is 4.31. The molecule has 0 amide bonds. The van der Waals surface area contributed by atoms with Gasteiger partial charge in [-0.05, 0) is 33.1 Å². The average Bonchev–Trinajstić information content (AvgIpc) is 3.09. The molecule has 2 aromatic rings. The third-order valence-electron chi connectivity index (χ3n) is 4.37. The lowest BCUT2D eigenvalue weighted by Gasteiger charge is -2.25. The molecule has 1 N–H and O–H groups in total. The molecule has 3 rings (SSSR count). The van der Waals surface area contributed by atoms with Gasteiger partial charge < -0.3 is 9.88 Å². The Morgan fingerprint density at radius 3 is 2.90 bits per heavy atom. The van der Waals surface area contributed by atoms with E-state index in [0.29, 0.717) is 18.1 Å². The van der Waals surface area contributed by atoms with Gasteiger partial charge >= 0.3 is 0 Å². The van der Waals surface area contributed by atoms with Crippen molar-refractivity contribution in [3.05, 3.63) is 36.2 Å². The molecule has 108 valence electrons. The first-order chi connectivity index (χ1) is 9.65. The number of hydrogen-bond acceptors (Lipinski definition) is 3. The number of nitrogens with one attached hydrogen (secondary N) is 1. The normalized spacial score (nSPS) is 24.1. The predicted octanol–water partition coefficient (Wildman–Crippen LogP) is 2.37. The van der Waals surface area contributed by atoms with Crippen molar-refractivity contribution in [2.75, 3.05) is 0 Å². The van der Waals surface area contributed by atoms with E-state index in [1.807, 2.05) is 24.3 Å². The summed E-state index contributed by atoms with van der Waals surface area (Å²) in [7, 11) is 1.98. The summed E-state index contributed by atoms with van der Waals surface area (Å²) in [6, 6.07) is 1.37. The van der Waals surface area contributed by atoms with Gasteiger partial charge in [0.1, 0.15) is 0 Å². The Morgan fingerprint density at radius 1 is 1.40 bits per heavy atom. The number of rotatable bonds is 4. The summed E-state index contributed by atoms with van der Waals surface area (Å²) in [6.07, 6.45) is 11.7. The van der Waals surface area contributed by atoms with Crippen LogP contribution in [-0.4, -0.2) is 25.4 Å². The number of aromatic nitrogens is 4. The fourth-order valence-electron chi connectivity index (χ4n) is 3.41. The number of imidazole rings is 1. The highest BCUT2D eigenvalue weighted by Gasteiger charge is 2.29. The third kappa shape index (κ3) is 2.50. The standard InChI is InChI=1S/C15H23N5/c1-11(13-9-19(3)18-12(13)2)17-14-5-4-6-15(14)20-8-7-16-10-20/h7-11,14-15,17H,4-6H2,1-3H3. The second kappa shape index (κ2) is 5.40. The molecule has 20 heavy (non-hydrogen) atoms. The quantitative estimate of drug-likeness (QED) is 0.930. The molecule has 1 aliphatic carbocycles. The molecule has 5 heteroatoms. The monoisotopic (exact) mass is 273 g/mol. The van der Waals surface area contributed by atoms with Crippen LogP contribution < -0.4 is 5.32 Å². The van der Waals surface area contributed by atoms with Gasteiger partial charge in [0, 0.05) is 49.3 Å². The Hall–Kier alpha value is -1.62. The van der Waals surface area contributed by atoms with Gasteiger partial charge in [-0.1, -0.05) is 0 Å². The van der Waals surface area contributed by atoms with Gasteiger partial charge in [0.15, 0.2) is 0 Å². The van der Waals surface area contributed by atoms with Crippen LogP contribution >= 0.6 is 0 Å². The second-order valence-corrected chi connectivity index (χ2v) is 5.85. The zero-order chi connectivity index (χ0) is 14.1. The molecular weight excluding hydrogens is 250 g/mol. The van der Waals surface area contributed by atoms with Crippen molar-refractivity contribution >= 4 is 0 Å². The molecule has 1 aliphatic rings. The van der Waals surface area contributed by atoms with Crippen LogP contribution in [0.5, 0.6) is 0 Å². The largest absolute Gasteiger partial charge is 0.333 e. The summed E-state index contributed by atoms with van der Waals surface area (Å²) < 4.78 is 4.14. The molecule has 0 bridgehead atoms. The van der Waals surface area contributed by atoms with Crippen molar-refractivity contribution in [1.29, 1.82) is 0 Å². The zero-order valence-corrected chi connectivity index (χ0v) is 12.5. The van der Waals surface area contributed by atoms with E-state index < -0.39 is 0 Å². The molecule has 5 nitrogen and oxygen atoms in total. The van der Waals surface area contributed by atoms with Gasteiger partial charge in [-0.15, -0.1) is 0 Å². The van der Waals surface area contributed by atoms with E-state index in [9.17, 15) is 0 Å². The molecule has 0 radical (unpaired) electrons. The molecule has 2 heterocycles. The highest BCUT2D eigenvalue weighted by atomic mass is 15.3. The average molecular weight is 273 g/mol. The lowest BCUT2D eigenvalue weighted by Crippen LogP contribution is -2.35. The summed E-state index contributed by atoms with van der Waals surface area (Å²) in [5.74, 6) is 0. The van der Waals surface area contributed by atoms with Crippen molar-refractivity contribution < 1.29 is 0 Å². The van der Waals surface area contributed by atoms with Crippen LogP contribution in [0.1, 0.15) is 49.5 Å². The molecule has 0 spiro atoms. The van der Waals surface area contributed by atoms with E-state index in [1.165, 1.54) is 24.8 Å². The predicted molar refractivity (Wildman–Crippen MR) is 78.4 cm³/mol. The maximum atomic E-state index is 4.44. The second-order valence-electron chi connectivity index (χ2n) is 5.85. The van der Waals surface area contributed by atoms with E-state index in [-0.39, 0.29) is 0 Å². The Kier molecular flexibility index (Phi) is 3.61. The highest BCUT2D eigenvalue weighted by Crippen LogP contribution is 2.32.